The zero-order valence-corrected chi connectivity index (χ0v) is 10.8. The Morgan fingerprint density at radius 2 is 2.05 bits per heavy atom. The molecule has 0 aliphatic carbocycles. The van der Waals surface area contributed by atoms with Gasteiger partial charge in [0.25, 0.3) is 0 Å². The van der Waals surface area contributed by atoms with Crippen molar-refractivity contribution in [1.82, 2.24) is 0 Å². The van der Waals surface area contributed by atoms with Gasteiger partial charge in [0.05, 0.1) is 18.9 Å². The van der Waals surface area contributed by atoms with Gasteiger partial charge >= 0.3 is 12.6 Å². The average Bonchev–Trinajstić information content (AvgIpc) is 2.32. The molecule has 0 aliphatic rings. The third kappa shape index (κ3) is 4.63. The summed E-state index contributed by atoms with van der Waals surface area (Å²) in [6.45, 7) is -1.33. The molecular formula is C12H12ClF3O3. The van der Waals surface area contributed by atoms with Gasteiger partial charge in [-0.25, -0.2) is 4.39 Å². The summed E-state index contributed by atoms with van der Waals surface area (Å²) in [6, 6.07) is 2.01. The lowest BCUT2D eigenvalue weighted by molar-refractivity contribution is -0.142. The maximum atomic E-state index is 13.5. The first kappa shape index (κ1) is 15.6. The number of benzene rings is 1. The van der Waals surface area contributed by atoms with E-state index < -0.39 is 18.4 Å². The highest BCUT2D eigenvalue weighted by Gasteiger charge is 2.17. The van der Waals surface area contributed by atoms with Crippen LogP contribution in [-0.2, 0) is 21.8 Å². The Balaban J connectivity index is 3.05. The van der Waals surface area contributed by atoms with Crippen molar-refractivity contribution < 1.29 is 27.4 Å². The monoisotopic (exact) mass is 296 g/mol. The van der Waals surface area contributed by atoms with Crippen LogP contribution in [0, 0.1) is 5.82 Å². The molecule has 0 amide bonds. The van der Waals surface area contributed by atoms with Crippen LogP contribution < -0.4 is 4.74 Å². The van der Waals surface area contributed by atoms with E-state index in [9.17, 15) is 18.0 Å². The largest absolute Gasteiger partial charge is 0.466 e. The molecule has 0 atom stereocenters. The summed E-state index contributed by atoms with van der Waals surface area (Å²) in [5.41, 5.74) is 0.00930. The molecule has 3 nitrogen and oxygen atoms in total. The first-order chi connectivity index (χ1) is 8.97. The zero-order chi connectivity index (χ0) is 14.4. The van der Waals surface area contributed by atoms with E-state index in [1.165, 1.54) is 0 Å². The highest BCUT2D eigenvalue weighted by atomic mass is 35.5. The van der Waals surface area contributed by atoms with Crippen molar-refractivity contribution in [3.8, 4) is 5.75 Å². The molecular weight excluding hydrogens is 285 g/mol. The molecule has 1 aromatic rings. The molecule has 19 heavy (non-hydrogen) atoms. The lowest BCUT2D eigenvalue weighted by Gasteiger charge is -2.12. The second-order valence-corrected chi connectivity index (χ2v) is 3.81. The summed E-state index contributed by atoms with van der Waals surface area (Å²) in [6.07, 6.45) is -0.352. The van der Waals surface area contributed by atoms with E-state index in [-0.39, 0.29) is 35.8 Å². The van der Waals surface area contributed by atoms with Crippen LogP contribution in [0.25, 0.3) is 0 Å². The van der Waals surface area contributed by atoms with E-state index in [2.05, 4.69) is 9.47 Å². The van der Waals surface area contributed by atoms with Crippen molar-refractivity contribution in [2.75, 3.05) is 6.61 Å². The minimum Gasteiger partial charge on any atom is -0.466 e. The number of hydrogen-bond acceptors (Lipinski definition) is 3. The van der Waals surface area contributed by atoms with Crippen molar-refractivity contribution in [1.29, 1.82) is 0 Å². The molecule has 0 spiro atoms. The van der Waals surface area contributed by atoms with E-state index in [1.54, 1.807) is 6.92 Å². The molecule has 7 heteroatoms. The molecule has 0 saturated heterocycles. The fraction of sp³-hybridized carbons (Fsp3) is 0.417. The van der Waals surface area contributed by atoms with E-state index in [0.29, 0.717) is 0 Å². The van der Waals surface area contributed by atoms with Gasteiger partial charge in [-0.2, -0.15) is 8.78 Å². The Labute approximate surface area is 113 Å². The SMILES string of the molecule is CCOC(=O)Cc1cc(F)c(CCl)cc1OC(F)F. The molecule has 0 heterocycles. The topological polar surface area (TPSA) is 35.5 Å². The average molecular weight is 297 g/mol. The van der Waals surface area contributed by atoms with Crippen LogP contribution in [-0.4, -0.2) is 19.2 Å². The van der Waals surface area contributed by atoms with Crippen LogP contribution in [0.15, 0.2) is 12.1 Å². The summed E-state index contributed by atoms with van der Waals surface area (Å²) in [4.78, 5) is 11.3. The van der Waals surface area contributed by atoms with E-state index in [0.717, 1.165) is 12.1 Å². The third-order valence-corrected chi connectivity index (χ3v) is 2.52. The number of hydrogen-bond donors (Lipinski definition) is 0. The fourth-order valence-electron chi connectivity index (χ4n) is 1.45. The van der Waals surface area contributed by atoms with Crippen LogP contribution in [0.5, 0.6) is 5.75 Å². The number of carbonyl (C=O) groups is 1. The normalized spacial score (nSPS) is 10.6. The number of ether oxygens (including phenoxy) is 2. The summed E-state index contributed by atoms with van der Waals surface area (Å²) in [7, 11) is 0. The summed E-state index contributed by atoms with van der Waals surface area (Å²) in [5.74, 6) is -1.80. The van der Waals surface area contributed by atoms with Crippen molar-refractivity contribution >= 4 is 17.6 Å². The standard InChI is InChI=1S/C12H12ClF3O3/c1-2-18-11(17)5-7-3-9(14)8(6-13)4-10(7)19-12(15)16/h3-4,12H,2,5-6H2,1H3. The zero-order valence-electron chi connectivity index (χ0n) is 10.1. The van der Waals surface area contributed by atoms with Crippen molar-refractivity contribution in [3.05, 3.63) is 29.1 Å². The predicted octanol–water partition coefficient (Wildman–Crippen LogP) is 3.27. The molecule has 0 unspecified atom stereocenters. The Morgan fingerprint density at radius 3 is 2.58 bits per heavy atom. The van der Waals surface area contributed by atoms with Crippen LogP contribution in [0.1, 0.15) is 18.1 Å². The Kier molecular flexibility index (Phi) is 5.95. The van der Waals surface area contributed by atoms with Gasteiger partial charge in [0.15, 0.2) is 0 Å². The number of rotatable bonds is 6. The maximum absolute atomic E-state index is 13.5. The van der Waals surface area contributed by atoms with E-state index in [4.69, 9.17) is 11.6 Å². The summed E-state index contributed by atoms with van der Waals surface area (Å²) < 4.78 is 47.0. The van der Waals surface area contributed by atoms with Crippen LogP contribution in [0.2, 0.25) is 0 Å². The van der Waals surface area contributed by atoms with E-state index in [1.807, 2.05) is 0 Å². The summed E-state index contributed by atoms with van der Waals surface area (Å²) >= 11 is 5.47. The van der Waals surface area contributed by atoms with Crippen molar-refractivity contribution in [2.45, 2.75) is 25.8 Å². The smallest absolute Gasteiger partial charge is 0.387 e. The number of carbonyl (C=O) groups excluding carboxylic acids is 1. The molecule has 0 N–H and O–H groups in total. The predicted molar refractivity (Wildman–Crippen MR) is 62.9 cm³/mol. The van der Waals surface area contributed by atoms with Gasteiger partial charge in [0.1, 0.15) is 11.6 Å². The van der Waals surface area contributed by atoms with Crippen molar-refractivity contribution in [3.63, 3.8) is 0 Å². The molecule has 0 saturated carbocycles. The Bertz CT molecular complexity index is 452. The lowest BCUT2D eigenvalue weighted by Crippen LogP contribution is -2.11. The van der Waals surface area contributed by atoms with Crippen LogP contribution in [0.4, 0.5) is 13.2 Å². The molecule has 0 aromatic heterocycles. The van der Waals surface area contributed by atoms with Gasteiger partial charge in [-0.15, -0.1) is 11.6 Å². The van der Waals surface area contributed by atoms with E-state index >= 15 is 0 Å². The minimum absolute atomic E-state index is 0.00915. The van der Waals surface area contributed by atoms with Gasteiger partial charge < -0.3 is 9.47 Å². The molecule has 0 aliphatic heterocycles. The van der Waals surface area contributed by atoms with Gasteiger partial charge in [0.2, 0.25) is 0 Å². The quantitative estimate of drug-likeness (QED) is 0.597. The van der Waals surface area contributed by atoms with Gasteiger partial charge in [-0.3, -0.25) is 4.79 Å². The number of alkyl halides is 3. The molecule has 106 valence electrons. The van der Waals surface area contributed by atoms with Gasteiger partial charge in [-0.05, 0) is 19.1 Å². The first-order valence-electron chi connectivity index (χ1n) is 5.45. The van der Waals surface area contributed by atoms with Crippen molar-refractivity contribution in [2.24, 2.45) is 0 Å². The Hall–Kier alpha value is -1.43. The van der Waals surface area contributed by atoms with Gasteiger partial charge in [-0.1, -0.05) is 0 Å². The lowest BCUT2D eigenvalue weighted by atomic mass is 10.1. The second-order valence-electron chi connectivity index (χ2n) is 3.55. The highest BCUT2D eigenvalue weighted by molar-refractivity contribution is 6.17. The molecule has 1 aromatic carbocycles. The maximum Gasteiger partial charge on any atom is 0.387 e. The number of esters is 1. The summed E-state index contributed by atoms with van der Waals surface area (Å²) in [5, 5.41) is 0. The molecule has 0 radical (unpaired) electrons. The first-order valence-corrected chi connectivity index (χ1v) is 5.99. The molecule has 0 fully saturated rings. The fourth-order valence-corrected chi connectivity index (χ4v) is 1.66. The van der Waals surface area contributed by atoms with Gasteiger partial charge in [0, 0.05) is 11.1 Å². The van der Waals surface area contributed by atoms with Crippen LogP contribution in [0.3, 0.4) is 0 Å². The third-order valence-electron chi connectivity index (χ3n) is 2.23. The highest BCUT2D eigenvalue weighted by Crippen LogP contribution is 2.26. The minimum atomic E-state index is -3.07. The molecule has 0 bridgehead atoms. The Morgan fingerprint density at radius 1 is 1.37 bits per heavy atom. The van der Waals surface area contributed by atoms with Crippen LogP contribution >= 0.6 is 11.6 Å². The number of halogens is 4. The second kappa shape index (κ2) is 7.23. The molecule has 1 rings (SSSR count).